The topological polar surface area (TPSA) is 101 Å². The van der Waals surface area contributed by atoms with Crippen LogP contribution in [0.4, 0.5) is 5.82 Å². The zero-order valence-corrected chi connectivity index (χ0v) is 12.4. The molecule has 0 aliphatic heterocycles. The Labute approximate surface area is 127 Å². The summed E-state index contributed by atoms with van der Waals surface area (Å²) in [5.74, 6) is 1.58. The lowest BCUT2D eigenvalue weighted by atomic mass is 10.2. The summed E-state index contributed by atoms with van der Waals surface area (Å²) in [5.41, 5.74) is 2.90. The van der Waals surface area contributed by atoms with Crippen LogP contribution in [0.25, 0.3) is 0 Å². The molecule has 0 amide bonds. The smallest absolute Gasteiger partial charge is 0.363 e. The molecule has 22 heavy (non-hydrogen) atoms. The minimum absolute atomic E-state index is 0.260. The molecule has 116 valence electrons. The number of aromatic nitrogens is 3. The molecule has 0 spiro atoms. The molecule has 2 N–H and O–H groups in total. The van der Waals surface area contributed by atoms with E-state index in [4.69, 9.17) is 9.47 Å². The molecule has 0 aliphatic carbocycles. The van der Waals surface area contributed by atoms with E-state index in [1.165, 1.54) is 6.20 Å². The van der Waals surface area contributed by atoms with Crippen LogP contribution < -0.4 is 20.6 Å². The lowest BCUT2D eigenvalue weighted by Crippen LogP contribution is -2.13. The van der Waals surface area contributed by atoms with Gasteiger partial charge in [0.25, 0.3) is 0 Å². The van der Waals surface area contributed by atoms with E-state index in [2.05, 4.69) is 25.7 Å². The SMILES string of the molecule is CCCOc1cc(/C=N/Nc2cn[nH]c(=O)n2)ccc1OC. The van der Waals surface area contributed by atoms with Crippen LogP contribution in [0.2, 0.25) is 0 Å². The second kappa shape index (κ2) is 7.77. The zero-order chi connectivity index (χ0) is 15.8. The van der Waals surface area contributed by atoms with E-state index >= 15 is 0 Å². The van der Waals surface area contributed by atoms with Gasteiger partial charge in [-0.25, -0.2) is 9.89 Å². The minimum atomic E-state index is -0.542. The van der Waals surface area contributed by atoms with Gasteiger partial charge in [-0.05, 0) is 30.2 Å². The third-order valence-electron chi connectivity index (χ3n) is 2.61. The molecule has 0 unspecified atom stereocenters. The van der Waals surface area contributed by atoms with Crippen LogP contribution in [-0.2, 0) is 0 Å². The van der Waals surface area contributed by atoms with Crippen molar-refractivity contribution in [2.24, 2.45) is 5.10 Å². The van der Waals surface area contributed by atoms with Crippen LogP contribution in [-0.4, -0.2) is 35.1 Å². The highest BCUT2D eigenvalue weighted by molar-refractivity contribution is 5.81. The summed E-state index contributed by atoms with van der Waals surface area (Å²) in [6.45, 7) is 2.64. The summed E-state index contributed by atoms with van der Waals surface area (Å²) in [6.07, 6.45) is 3.86. The van der Waals surface area contributed by atoms with Crippen LogP contribution in [0.5, 0.6) is 11.5 Å². The number of rotatable bonds is 7. The van der Waals surface area contributed by atoms with Gasteiger partial charge in [-0.1, -0.05) is 6.92 Å². The lowest BCUT2D eigenvalue weighted by Gasteiger charge is -2.10. The Morgan fingerprint density at radius 2 is 2.27 bits per heavy atom. The van der Waals surface area contributed by atoms with E-state index in [9.17, 15) is 4.79 Å². The van der Waals surface area contributed by atoms with Gasteiger partial charge in [0.05, 0.1) is 26.1 Å². The summed E-state index contributed by atoms with van der Waals surface area (Å²) in [7, 11) is 1.59. The number of H-pyrrole nitrogens is 1. The fourth-order valence-electron chi connectivity index (χ4n) is 1.64. The Morgan fingerprint density at radius 3 is 3.00 bits per heavy atom. The Hall–Kier alpha value is -2.90. The molecule has 1 aromatic heterocycles. The molecule has 1 aromatic carbocycles. The second-order valence-corrected chi connectivity index (χ2v) is 4.30. The van der Waals surface area contributed by atoms with Gasteiger partial charge in [-0.2, -0.15) is 15.2 Å². The molecule has 0 fully saturated rings. The predicted octanol–water partition coefficient (Wildman–Crippen LogP) is 1.41. The summed E-state index contributed by atoms with van der Waals surface area (Å²) in [5, 5.41) is 9.79. The van der Waals surface area contributed by atoms with Crippen molar-refractivity contribution in [3.05, 3.63) is 40.4 Å². The third-order valence-corrected chi connectivity index (χ3v) is 2.61. The molecule has 8 nitrogen and oxygen atoms in total. The van der Waals surface area contributed by atoms with Crippen molar-refractivity contribution in [3.8, 4) is 11.5 Å². The highest BCUT2D eigenvalue weighted by Crippen LogP contribution is 2.27. The first-order chi connectivity index (χ1) is 10.7. The van der Waals surface area contributed by atoms with Crippen molar-refractivity contribution in [3.63, 3.8) is 0 Å². The van der Waals surface area contributed by atoms with E-state index in [1.54, 1.807) is 19.4 Å². The van der Waals surface area contributed by atoms with Gasteiger partial charge in [0.1, 0.15) is 0 Å². The number of anilines is 1. The molecule has 0 radical (unpaired) electrons. The van der Waals surface area contributed by atoms with Crippen LogP contribution in [0.3, 0.4) is 0 Å². The first kappa shape index (κ1) is 15.5. The molecule has 0 saturated carbocycles. The van der Waals surface area contributed by atoms with Crippen LogP contribution in [0.1, 0.15) is 18.9 Å². The maximum absolute atomic E-state index is 11.0. The molecule has 1 heterocycles. The first-order valence-corrected chi connectivity index (χ1v) is 6.74. The molecule has 2 rings (SSSR count). The lowest BCUT2D eigenvalue weighted by molar-refractivity contribution is 0.294. The number of hydrazone groups is 1. The van der Waals surface area contributed by atoms with Gasteiger partial charge < -0.3 is 9.47 Å². The second-order valence-electron chi connectivity index (χ2n) is 4.30. The van der Waals surface area contributed by atoms with Crippen LogP contribution >= 0.6 is 0 Å². The monoisotopic (exact) mass is 303 g/mol. The number of hydrogen-bond acceptors (Lipinski definition) is 7. The van der Waals surface area contributed by atoms with E-state index < -0.39 is 5.69 Å². The Bertz CT molecular complexity index is 699. The van der Waals surface area contributed by atoms with E-state index in [0.29, 0.717) is 18.1 Å². The van der Waals surface area contributed by atoms with Crippen molar-refractivity contribution < 1.29 is 9.47 Å². The maximum atomic E-state index is 11.0. The number of nitrogens with zero attached hydrogens (tertiary/aromatic N) is 3. The van der Waals surface area contributed by atoms with E-state index in [1.807, 2.05) is 19.1 Å². The summed E-state index contributed by atoms with van der Waals surface area (Å²) in [6, 6.07) is 5.47. The molecular weight excluding hydrogens is 286 g/mol. The van der Waals surface area contributed by atoms with Gasteiger partial charge in [-0.3, -0.25) is 5.43 Å². The van der Waals surface area contributed by atoms with Crippen LogP contribution in [0, 0.1) is 0 Å². The largest absolute Gasteiger partial charge is 0.493 e. The Kier molecular flexibility index (Phi) is 5.47. The fourth-order valence-corrected chi connectivity index (χ4v) is 1.64. The van der Waals surface area contributed by atoms with Gasteiger partial charge in [0, 0.05) is 0 Å². The number of ether oxygens (including phenoxy) is 2. The van der Waals surface area contributed by atoms with E-state index in [-0.39, 0.29) is 5.82 Å². The normalized spacial score (nSPS) is 10.6. The highest BCUT2D eigenvalue weighted by atomic mass is 16.5. The number of methoxy groups -OCH3 is 1. The molecule has 0 aliphatic rings. The minimum Gasteiger partial charge on any atom is -0.493 e. The summed E-state index contributed by atoms with van der Waals surface area (Å²) in [4.78, 5) is 14.6. The third kappa shape index (κ3) is 4.30. The van der Waals surface area contributed by atoms with Crippen molar-refractivity contribution in [2.75, 3.05) is 19.1 Å². The summed E-state index contributed by atoms with van der Waals surface area (Å²) < 4.78 is 10.9. The number of benzene rings is 1. The molecular formula is C14H17N5O3. The maximum Gasteiger partial charge on any atom is 0.363 e. The number of aromatic amines is 1. The first-order valence-electron chi connectivity index (χ1n) is 6.74. The van der Waals surface area contributed by atoms with Crippen molar-refractivity contribution in [2.45, 2.75) is 13.3 Å². The van der Waals surface area contributed by atoms with Gasteiger partial charge in [-0.15, -0.1) is 0 Å². The van der Waals surface area contributed by atoms with Gasteiger partial charge in [0.2, 0.25) is 0 Å². The Morgan fingerprint density at radius 1 is 1.41 bits per heavy atom. The van der Waals surface area contributed by atoms with Gasteiger partial charge in [0.15, 0.2) is 17.3 Å². The predicted molar refractivity (Wildman–Crippen MR) is 82.6 cm³/mol. The summed E-state index contributed by atoms with van der Waals surface area (Å²) >= 11 is 0. The van der Waals surface area contributed by atoms with Crippen molar-refractivity contribution >= 4 is 12.0 Å². The molecule has 8 heteroatoms. The van der Waals surface area contributed by atoms with Crippen molar-refractivity contribution in [1.29, 1.82) is 0 Å². The molecule has 0 bridgehead atoms. The molecule has 0 atom stereocenters. The average molecular weight is 303 g/mol. The van der Waals surface area contributed by atoms with E-state index in [0.717, 1.165) is 12.0 Å². The standard InChI is InChI=1S/C14H17N5O3/c1-3-6-22-12-7-10(4-5-11(12)21-2)8-15-18-13-9-16-19-14(20)17-13/h4-5,7-9H,3,6H2,1-2H3,(H2,17,18,19,20)/b15-8+. The van der Waals surface area contributed by atoms with Gasteiger partial charge >= 0.3 is 5.69 Å². The zero-order valence-electron chi connectivity index (χ0n) is 12.4. The number of nitrogens with one attached hydrogen (secondary N) is 2. The van der Waals surface area contributed by atoms with Crippen molar-refractivity contribution in [1.82, 2.24) is 15.2 Å². The average Bonchev–Trinajstić information content (AvgIpc) is 2.53. The quantitative estimate of drug-likeness (QED) is 0.592. The Balaban J connectivity index is 2.08. The molecule has 0 saturated heterocycles. The van der Waals surface area contributed by atoms with Crippen LogP contribution in [0.15, 0.2) is 34.3 Å². The fraction of sp³-hybridized carbons (Fsp3) is 0.286. The number of hydrogen-bond donors (Lipinski definition) is 2. The highest BCUT2D eigenvalue weighted by Gasteiger charge is 2.04. The molecule has 2 aromatic rings.